The zero-order chi connectivity index (χ0) is 17.3. The van der Waals surface area contributed by atoms with Gasteiger partial charge in [0.2, 0.25) is 5.91 Å². The number of halogens is 4. The van der Waals surface area contributed by atoms with Crippen molar-refractivity contribution >= 4 is 5.91 Å². The fourth-order valence-electron chi connectivity index (χ4n) is 3.27. The summed E-state index contributed by atoms with van der Waals surface area (Å²) in [6.07, 6.45) is -1.99. The first-order chi connectivity index (χ1) is 11.3. The number of hydrogen-bond acceptors (Lipinski definition) is 2. The molecule has 132 valence electrons. The first kappa shape index (κ1) is 17.2. The van der Waals surface area contributed by atoms with Gasteiger partial charge in [0.15, 0.2) is 0 Å². The van der Waals surface area contributed by atoms with Crippen LogP contribution in [-0.4, -0.2) is 47.6 Å². The second-order valence-electron chi connectivity index (χ2n) is 6.66. The molecule has 1 aliphatic heterocycles. The number of hydrogen-bond donors (Lipinski definition) is 0. The molecule has 0 bridgehead atoms. The molecule has 1 aromatic rings. The van der Waals surface area contributed by atoms with Crippen molar-refractivity contribution < 1.29 is 22.4 Å². The normalized spacial score (nSPS) is 21.9. The molecule has 1 saturated carbocycles. The Morgan fingerprint density at radius 3 is 2.62 bits per heavy atom. The molecular formula is C17H20F4N2O. The summed E-state index contributed by atoms with van der Waals surface area (Å²) in [6, 6.07) is 6.24. The molecule has 0 spiro atoms. The Kier molecular flexibility index (Phi) is 4.80. The molecule has 1 aromatic carbocycles. The molecule has 3 rings (SSSR count). The van der Waals surface area contributed by atoms with Crippen LogP contribution in [0.2, 0.25) is 0 Å². The van der Waals surface area contributed by atoms with E-state index >= 15 is 0 Å². The van der Waals surface area contributed by atoms with Crippen molar-refractivity contribution in [3.63, 3.8) is 0 Å². The summed E-state index contributed by atoms with van der Waals surface area (Å²) in [5.41, 5.74) is 0.709. The number of alkyl halides is 3. The highest BCUT2D eigenvalue weighted by molar-refractivity contribution is 5.80. The highest BCUT2D eigenvalue weighted by Gasteiger charge is 2.40. The molecule has 1 unspecified atom stereocenters. The Balaban J connectivity index is 1.63. The van der Waals surface area contributed by atoms with Crippen LogP contribution in [0.3, 0.4) is 0 Å². The quantitative estimate of drug-likeness (QED) is 0.766. The van der Waals surface area contributed by atoms with E-state index < -0.39 is 18.6 Å². The third-order valence-corrected chi connectivity index (χ3v) is 4.54. The van der Waals surface area contributed by atoms with Gasteiger partial charge in [0.25, 0.3) is 0 Å². The van der Waals surface area contributed by atoms with Crippen molar-refractivity contribution in [3.8, 4) is 0 Å². The smallest absolute Gasteiger partial charge is 0.335 e. The van der Waals surface area contributed by atoms with Crippen LogP contribution in [0.5, 0.6) is 0 Å². The Labute approximate surface area is 138 Å². The first-order valence-corrected chi connectivity index (χ1v) is 8.16. The fourth-order valence-corrected chi connectivity index (χ4v) is 3.27. The zero-order valence-corrected chi connectivity index (χ0v) is 13.2. The van der Waals surface area contributed by atoms with Gasteiger partial charge in [-0.25, -0.2) is 4.39 Å². The van der Waals surface area contributed by atoms with Crippen LogP contribution in [0.25, 0.3) is 0 Å². The summed E-state index contributed by atoms with van der Waals surface area (Å²) in [7, 11) is 0. The summed E-state index contributed by atoms with van der Waals surface area (Å²) in [4.78, 5) is 15.8. The summed E-state index contributed by atoms with van der Waals surface area (Å²) in [5, 5.41) is 0. The van der Waals surface area contributed by atoms with Crippen LogP contribution in [0, 0.1) is 11.7 Å². The van der Waals surface area contributed by atoms with Gasteiger partial charge in [-0.15, -0.1) is 0 Å². The zero-order valence-electron chi connectivity index (χ0n) is 13.2. The van der Waals surface area contributed by atoms with E-state index in [0.29, 0.717) is 18.5 Å². The van der Waals surface area contributed by atoms with E-state index in [9.17, 15) is 22.4 Å². The maximum absolute atomic E-state index is 13.3. The van der Waals surface area contributed by atoms with Gasteiger partial charge in [0.1, 0.15) is 5.82 Å². The molecular weight excluding hydrogens is 324 g/mol. The lowest BCUT2D eigenvalue weighted by Gasteiger charge is -2.26. The van der Waals surface area contributed by atoms with Gasteiger partial charge in [-0.05, 0) is 43.5 Å². The third kappa shape index (κ3) is 4.47. The topological polar surface area (TPSA) is 23.6 Å². The van der Waals surface area contributed by atoms with Crippen LogP contribution < -0.4 is 0 Å². The molecule has 2 fully saturated rings. The molecule has 0 aromatic heterocycles. The lowest BCUT2D eigenvalue weighted by molar-refractivity contribution is -0.146. The number of carbonyl (C=O) groups is 1. The van der Waals surface area contributed by atoms with Crippen LogP contribution >= 0.6 is 0 Å². The van der Waals surface area contributed by atoms with Crippen LogP contribution in [-0.2, 0) is 11.3 Å². The van der Waals surface area contributed by atoms with Crippen LogP contribution in [0.1, 0.15) is 24.8 Å². The monoisotopic (exact) mass is 344 g/mol. The number of rotatable bonds is 5. The molecule has 1 amide bonds. The summed E-state index contributed by atoms with van der Waals surface area (Å²) >= 11 is 0. The van der Waals surface area contributed by atoms with E-state index in [4.69, 9.17) is 0 Å². The van der Waals surface area contributed by atoms with E-state index in [0.717, 1.165) is 12.8 Å². The number of likely N-dealkylation sites (tertiary alicyclic amines) is 1. The molecule has 1 aliphatic carbocycles. The minimum absolute atomic E-state index is 0.105. The maximum atomic E-state index is 13.3. The van der Waals surface area contributed by atoms with E-state index in [1.54, 1.807) is 17.0 Å². The third-order valence-electron chi connectivity index (χ3n) is 4.54. The number of carbonyl (C=O) groups excluding carboxylic acids is 1. The van der Waals surface area contributed by atoms with Gasteiger partial charge in [-0.1, -0.05) is 12.1 Å². The molecule has 3 nitrogen and oxygen atoms in total. The van der Waals surface area contributed by atoms with Crippen molar-refractivity contribution in [1.82, 2.24) is 9.80 Å². The van der Waals surface area contributed by atoms with Crippen molar-refractivity contribution in [2.45, 2.75) is 38.0 Å². The van der Waals surface area contributed by atoms with Gasteiger partial charge in [0.05, 0.1) is 12.5 Å². The second-order valence-corrected chi connectivity index (χ2v) is 6.66. The number of nitrogens with zero attached hydrogens (tertiary/aromatic N) is 2. The number of amides is 1. The molecule has 1 heterocycles. The van der Waals surface area contributed by atoms with Gasteiger partial charge in [0, 0.05) is 19.1 Å². The standard InChI is InChI=1S/C17H20F4N2O/c18-14-3-1-2-12(8-14)9-23(15-4-5-15)16(24)13-6-7-22(10-13)11-17(19,20)21/h1-3,8,13,15H,4-7,9-11H2. The van der Waals surface area contributed by atoms with E-state index in [-0.39, 0.29) is 30.9 Å². The molecule has 1 atom stereocenters. The second kappa shape index (κ2) is 6.70. The lowest BCUT2D eigenvalue weighted by Crippen LogP contribution is -2.39. The average Bonchev–Trinajstić information content (AvgIpc) is 3.23. The predicted octanol–water partition coefficient (Wildman–Crippen LogP) is 3.20. The average molecular weight is 344 g/mol. The summed E-state index contributed by atoms with van der Waals surface area (Å²) in [6.45, 7) is -0.222. The fraction of sp³-hybridized carbons (Fsp3) is 0.588. The highest BCUT2D eigenvalue weighted by atomic mass is 19.4. The molecule has 0 N–H and O–H groups in total. The van der Waals surface area contributed by atoms with Gasteiger partial charge >= 0.3 is 6.18 Å². The minimum Gasteiger partial charge on any atom is -0.335 e. The Morgan fingerprint density at radius 1 is 1.25 bits per heavy atom. The van der Waals surface area contributed by atoms with E-state index in [1.165, 1.54) is 17.0 Å². The maximum Gasteiger partial charge on any atom is 0.401 e. The molecule has 7 heteroatoms. The number of benzene rings is 1. The van der Waals surface area contributed by atoms with E-state index in [1.807, 2.05) is 0 Å². The summed E-state index contributed by atoms with van der Waals surface area (Å²) < 4.78 is 50.8. The Morgan fingerprint density at radius 2 is 2.00 bits per heavy atom. The largest absolute Gasteiger partial charge is 0.401 e. The SMILES string of the molecule is O=C(C1CCN(CC(F)(F)F)C1)N(Cc1cccc(F)c1)C1CC1. The first-order valence-electron chi connectivity index (χ1n) is 8.16. The van der Waals surface area contributed by atoms with Crippen molar-refractivity contribution in [2.75, 3.05) is 19.6 Å². The van der Waals surface area contributed by atoms with Crippen molar-refractivity contribution in [1.29, 1.82) is 0 Å². The van der Waals surface area contributed by atoms with Crippen molar-refractivity contribution in [3.05, 3.63) is 35.6 Å². The van der Waals surface area contributed by atoms with Crippen molar-refractivity contribution in [2.24, 2.45) is 5.92 Å². The summed E-state index contributed by atoms with van der Waals surface area (Å²) in [5.74, 6) is -0.860. The molecule has 1 saturated heterocycles. The Hall–Kier alpha value is -1.63. The highest BCUT2D eigenvalue weighted by Crippen LogP contribution is 2.32. The van der Waals surface area contributed by atoms with E-state index in [2.05, 4.69) is 0 Å². The van der Waals surface area contributed by atoms with Gasteiger partial charge in [-0.2, -0.15) is 13.2 Å². The van der Waals surface area contributed by atoms with Gasteiger partial charge < -0.3 is 4.90 Å². The molecule has 2 aliphatic rings. The van der Waals surface area contributed by atoms with Crippen LogP contribution in [0.15, 0.2) is 24.3 Å². The predicted molar refractivity (Wildman–Crippen MR) is 80.6 cm³/mol. The van der Waals surface area contributed by atoms with Crippen LogP contribution in [0.4, 0.5) is 17.6 Å². The molecule has 0 radical (unpaired) electrons. The minimum atomic E-state index is -4.24. The molecule has 24 heavy (non-hydrogen) atoms. The van der Waals surface area contributed by atoms with Gasteiger partial charge in [-0.3, -0.25) is 9.69 Å². The lowest BCUT2D eigenvalue weighted by atomic mass is 10.1. The Bertz CT molecular complexity index is 600.